The molecule has 2 saturated carbocycles. The van der Waals surface area contributed by atoms with Crippen LogP contribution in [0.4, 0.5) is 0 Å². The molecule has 3 fully saturated rings. The number of hydrogen-bond donors (Lipinski definition) is 1. The minimum atomic E-state index is 0.722. The molecule has 2 aliphatic carbocycles. The monoisotopic (exact) mass is 231 g/mol. The van der Waals surface area contributed by atoms with Gasteiger partial charge in [-0.3, -0.25) is 4.68 Å². The summed E-state index contributed by atoms with van der Waals surface area (Å²) >= 11 is 0. The second-order valence-corrected chi connectivity index (χ2v) is 5.96. The number of rotatable bonds is 3. The Labute approximate surface area is 103 Å². The number of aryl methyl sites for hydroxylation is 1. The van der Waals surface area contributed by atoms with Gasteiger partial charge in [0.15, 0.2) is 0 Å². The predicted octanol–water partition coefficient (Wildman–Crippen LogP) is 2.10. The van der Waals surface area contributed by atoms with Gasteiger partial charge in [-0.15, -0.1) is 0 Å². The van der Waals surface area contributed by atoms with Crippen LogP contribution in [0.1, 0.15) is 49.5 Å². The molecule has 2 unspecified atom stereocenters. The average Bonchev–Trinajstić information content (AvgIpc) is 2.69. The van der Waals surface area contributed by atoms with Gasteiger partial charge in [-0.05, 0) is 56.7 Å². The summed E-state index contributed by atoms with van der Waals surface area (Å²) in [6.45, 7) is 4.67. The molecule has 4 rings (SSSR count). The lowest BCUT2D eigenvalue weighted by molar-refractivity contribution is 0.279. The molecular formula is C14H21N3. The van der Waals surface area contributed by atoms with Crippen molar-refractivity contribution in [1.29, 1.82) is 0 Å². The van der Waals surface area contributed by atoms with Crippen molar-refractivity contribution in [2.45, 2.75) is 44.6 Å². The first kappa shape index (κ1) is 10.1. The van der Waals surface area contributed by atoms with Gasteiger partial charge in [-0.1, -0.05) is 6.92 Å². The van der Waals surface area contributed by atoms with Crippen molar-refractivity contribution in [3.05, 3.63) is 17.5 Å². The molecule has 1 saturated heterocycles. The SMILES string of the molecule is CCc1cc(C2C3CNCC32)n(C2CCC2)n1. The highest BCUT2D eigenvalue weighted by atomic mass is 15.3. The molecule has 0 radical (unpaired) electrons. The Morgan fingerprint density at radius 3 is 2.71 bits per heavy atom. The molecule has 1 aliphatic heterocycles. The van der Waals surface area contributed by atoms with E-state index in [0.717, 1.165) is 30.2 Å². The summed E-state index contributed by atoms with van der Waals surface area (Å²) in [7, 11) is 0. The first-order valence-electron chi connectivity index (χ1n) is 7.17. The van der Waals surface area contributed by atoms with Crippen LogP contribution in [0.5, 0.6) is 0 Å². The van der Waals surface area contributed by atoms with E-state index in [0.29, 0.717) is 0 Å². The largest absolute Gasteiger partial charge is 0.316 e. The third kappa shape index (κ3) is 1.41. The summed E-state index contributed by atoms with van der Waals surface area (Å²) in [4.78, 5) is 0. The smallest absolute Gasteiger partial charge is 0.0625 e. The van der Waals surface area contributed by atoms with Crippen molar-refractivity contribution in [3.8, 4) is 0 Å². The fourth-order valence-corrected chi connectivity index (χ4v) is 3.66. The van der Waals surface area contributed by atoms with Crippen LogP contribution >= 0.6 is 0 Å². The molecule has 2 atom stereocenters. The highest BCUT2D eigenvalue weighted by Gasteiger charge is 2.55. The van der Waals surface area contributed by atoms with Crippen LogP contribution < -0.4 is 5.32 Å². The lowest BCUT2D eigenvalue weighted by Gasteiger charge is -2.28. The molecule has 0 bridgehead atoms. The summed E-state index contributed by atoms with van der Waals surface area (Å²) in [6.07, 6.45) is 5.16. The maximum Gasteiger partial charge on any atom is 0.0625 e. The van der Waals surface area contributed by atoms with Crippen LogP contribution in [0.15, 0.2) is 6.07 Å². The van der Waals surface area contributed by atoms with Gasteiger partial charge in [-0.25, -0.2) is 0 Å². The van der Waals surface area contributed by atoms with Crippen molar-refractivity contribution in [1.82, 2.24) is 15.1 Å². The zero-order valence-electron chi connectivity index (χ0n) is 10.5. The highest BCUT2D eigenvalue weighted by molar-refractivity contribution is 5.27. The maximum atomic E-state index is 4.84. The van der Waals surface area contributed by atoms with Gasteiger partial charge < -0.3 is 5.32 Å². The first-order chi connectivity index (χ1) is 8.38. The van der Waals surface area contributed by atoms with E-state index in [9.17, 15) is 0 Å². The van der Waals surface area contributed by atoms with Gasteiger partial charge in [0.05, 0.1) is 11.7 Å². The van der Waals surface area contributed by atoms with Gasteiger partial charge in [0.1, 0.15) is 0 Å². The molecule has 1 aromatic rings. The Kier molecular flexibility index (Phi) is 2.13. The van der Waals surface area contributed by atoms with E-state index in [1.165, 1.54) is 38.0 Å². The van der Waals surface area contributed by atoms with Gasteiger partial charge >= 0.3 is 0 Å². The van der Waals surface area contributed by atoms with Crippen LogP contribution in [0.25, 0.3) is 0 Å². The summed E-state index contributed by atoms with van der Waals surface area (Å²) in [5.74, 6) is 2.65. The Hall–Kier alpha value is -0.830. The molecule has 92 valence electrons. The topological polar surface area (TPSA) is 29.9 Å². The molecule has 0 aromatic carbocycles. The standard InChI is InChI=1S/C14H21N3/c1-2-9-6-13(14-11-7-15-8-12(11)14)17(16-9)10-4-3-5-10/h6,10-12,14-15H,2-5,7-8H2,1H3. The molecule has 0 spiro atoms. The summed E-state index contributed by atoms with van der Waals surface area (Å²) < 4.78 is 2.39. The number of piperidine rings is 1. The minimum Gasteiger partial charge on any atom is -0.316 e. The Bertz CT molecular complexity index is 423. The fraction of sp³-hybridized carbons (Fsp3) is 0.786. The van der Waals surface area contributed by atoms with Crippen molar-refractivity contribution in [3.63, 3.8) is 0 Å². The zero-order chi connectivity index (χ0) is 11.4. The molecule has 3 heteroatoms. The number of nitrogens with one attached hydrogen (secondary N) is 1. The van der Waals surface area contributed by atoms with Gasteiger partial charge in [0, 0.05) is 11.6 Å². The van der Waals surface area contributed by atoms with E-state index in [1.807, 2.05) is 0 Å². The molecule has 17 heavy (non-hydrogen) atoms. The van der Waals surface area contributed by atoms with Crippen molar-refractivity contribution in [2.24, 2.45) is 11.8 Å². The average molecular weight is 231 g/mol. The normalized spacial score (nSPS) is 35.7. The van der Waals surface area contributed by atoms with Crippen LogP contribution in [0.3, 0.4) is 0 Å². The zero-order valence-corrected chi connectivity index (χ0v) is 10.5. The summed E-state index contributed by atoms with van der Waals surface area (Å²) in [6, 6.07) is 3.11. The molecule has 2 heterocycles. The Morgan fingerprint density at radius 2 is 2.12 bits per heavy atom. The molecular weight excluding hydrogens is 210 g/mol. The van der Waals surface area contributed by atoms with Gasteiger partial charge in [0.25, 0.3) is 0 Å². The minimum absolute atomic E-state index is 0.722. The second-order valence-electron chi connectivity index (χ2n) is 5.96. The summed E-state index contributed by atoms with van der Waals surface area (Å²) in [5.41, 5.74) is 2.85. The van der Waals surface area contributed by atoms with Crippen LogP contribution in [-0.2, 0) is 6.42 Å². The fourth-order valence-electron chi connectivity index (χ4n) is 3.66. The van der Waals surface area contributed by atoms with Crippen molar-refractivity contribution < 1.29 is 0 Å². The lowest BCUT2D eigenvalue weighted by atomic mass is 9.93. The van der Waals surface area contributed by atoms with E-state index >= 15 is 0 Å². The molecule has 3 aliphatic rings. The van der Waals surface area contributed by atoms with Gasteiger partial charge in [0.2, 0.25) is 0 Å². The van der Waals surface area contributed by atoms with Crippen molar-refractivity contribution in [2.75, 3.05) is 13.1 Å². The van der Waals surface area contributed by atoms with E-state index in [-0.39, 0.29) is 0 Å². The molecule has 1 aromatic heterocycles. The second kappa shape index (κ2) is 3.58. The van der Waals surface area contributed by atoms with E-state index in [4.69, 9.17) is 5.10 Å². The molecule has 3 nitrogen and oxygen atoms in total. The van der Waals surface area contributed by atoms with E-state index < -0.39 is 0 Å². The number of hydrogen-bond acceptors (Lipinski definition) is 2. The predicted molar refractivity (Wildman–Crippen MR) is 67.1 cm³/mol. The Morgan fingerprint density at radius 1 is 1.35 bits per heavy atom. The number of aromatic nitrogens is 2. The maximum absolute atomic E-state index is 4.84. The highest BCUT2D eigenvalue weighted by Crippen LogP contribution is 2.56. The quantitative estimate of drug-likeness (QED) is 0.863. The van der Waals surface area contributed by atoms with Crippen LogP contribution in [0.2, 0.25) is 0 Å². The molecule has 1 N–H and O–H groups in total. The third-order valence-electron chi connectivity index (χ3n) is 5.03. The van der Waals surface area contributed by atoms with Crippen molar-refractivity contribution >= 4 is 0 Å². The first-order valence-corrected chi connectivity index (χ1v) is 7.17. The third-order valence-corrected chi connectivity index (χ3v) is 5.03. The van der Waals surface area contributed by atoms with E-state index in [2.05, 4.69) is 23.0 Å². The number of fused-ring (bicyclic) bond motifs is 1. The number of nitrogens with zero attached hydrogens (tertiary/aromatic N) is 2. The van der Waals surface area contributed by atoms with Crippen LogP contribution in [-0.4, -0.2) is 22.9 Å². The van der Waals surface area contributed by atoms with Gasteiger partial charge in [-0.2, -0.15) is 5.10 Å². The molecule has 0 amide bonds. The Balaban J connectivity index is 1.66. The van der Waals surface area contributed by atoms with Crippen LogP contribution in [0, 0.1) is 11.8 Å². The summed E-state index contributed by atoms with van der Waals surface area (Å²) in [5, 5.41) is 8.32. The van der Waals surface area contributed by atoms with E-state index in [1.54, 1.807) is 5.69 Å². The lowest BCUT2D eigenvalue weighted by Crippen LogP contribution is -2.22.